The lowest BCUT2D eigenvalue weighted by Gasteiger charge is -2.38. The number of hydrogen-bond acceptors (Lipinski definition) is 2. The van der Waals surface area contributed by atoms with Gasteiger partial charge in [0.1, 0.15) is 5.60 Å². The maximum Gasteiger partial charge on any atom is 0.309 e. The third-order valence-electron chi connectivity index (χ3n) is 4.67. The smallest absolute Gasteiger partial charge is 0.309 e. The van der Waals surface area contributed by atoms with Crippen molar-refractivity contribution in [3.05, 3.63) is 0 Å². The molecule has 0 radical (unpaired) electrons. The summed E-state index contributed by atoms with van der Waals surface area (Å²) in [6.45, 7) is 13.0. The zero-order chi connectivity index (χ0) is 15.4. The summed E-state index contributed by atoms with van der Waals surface area (Å²) in [5.41, 5.74) is 0.000255. The van der Waals surface area contributed by atoms with Gasteiger partial charge < -0.3 is 4.74 Å². The summed E-state index contributed by atoms with van der Waals surface area (Å²) < 4.78 is 6.06. The molecule has 0 bridgehead atoms. The second kappa shape index (κ2) is 6.95. The van der Waals surface area contributed by atoms with Gasteiger partial charge in [0.25, 0.3) is 0 Å². The molecule has 1 saturated carbocycles. The standard InChI is InChI=1S/C18H34O2/c1-7-18(11-9-8-10-12-18)20-16(19)15(14(2)3)13-17(4,5)6/h14-15H,7-13H2,1-6H3. The van der Waals surface area contributed by atoms with Gasteiger partial charge in [0, 0.05) is 0 Å². The van der Waals surface area contributed by atoms with Crippen molar-refractivity contribution in [3.63, 3.8) is 0 Å². The van der Waals surface area contributed by atoms with Crippen molar-refractivity contribution in [1.29, 1.82) is 0 Å². The van der Waals surface area contributed by atoms with E-state index < -0.39 is 0 Å². The molecular weight excluding hydrogens is 248 g/mol. The number of hydrogen-bond donors (Lipinski definition) is 0. The predicted molar refractivity (Wildman–Crippen MR) is 84.6 cm³/mol. The average molecular weight is 282 g/mol. The molecule has 0 aromatic carbocycles. The molecule has 0 N–H and O–H groups in total. The molecule has 0 aromatic rings. The van der Waals surface area contributed by atoms with Gasteiger partial charge in [-0.2, -0.15) is 0 Å². The molecule has 0 heterocycles. The second-order valence-corrected chi connectivity index (χ2v) is 8.13. The molecule has 1 atom stereocenters. The lowest BCUT2D eigenvalue weighted by Crippen LogP contribution is -2.40. The number of ether oxygens (including phenoxy) is 1. The summed E-state index contributed by atoms with van der Waals surface area (Å²) in [6, 6.07) is 0. The van der Waals surface area contributed by atoms with Gasteiger partial charge in [-0.3, -0.25) is 4.79 Å². The molecule has 1 aliphatic carbocycles. The van der Waals surface area contributed by atoms with Gasteiger partial charge in [-0.15, -0.1) is 0 Å². The van der Waals surface area contributed by atoms with Crippen LogP contribution in [0, 0.1) is 17.3 Å². The molecule has 1 unspecified atom stereocenters. The van der Waals surface area contributed by atoms with E-state index in [1.54, 1.807) is 0 Å². The average Bonchev–Trinajstić information content (AvgIpc) is 2.35. The van der Waals surface area contributed by atoms with Crippen LogP contribution in [0.5, 0.6) is 0 Å². The fourth-order valence-corrected chi connectivity index (χ4v) is 3.26. The molecule has 1 fully saturated rings. The minimum absolute atomic E-state index is 0.0281. The number of rotatable bonds is 5. The molecule has 0 saturated heterocycles. The maximum atomic E-state index is 12.7. The van der Waals surface area contributed by atoms with Gasteiger partial charge in [-0.25, -0.2) is 0 Å². The van der Waals surface area contributed by atoms with Crippen LogP contribution >= 0.6 is 0 Å². The summed E-state index contributed by atoms with van der Waals surface area (Å²) >= 11 is 0. The monoisotopic (exact) mass is 282 g/mol. The van der Waals surface area contributed by atoms with Gasteiger partial charge in [0.2, 0.25) is 0 Å². The van der Waals surface area contributed by atoms with Gasteiger partial charge in [-0.1, -0.05) is 48.0 Å². The van der Waals surface area contributed by atoms with E-state index in [1.165, 1.54) is 19.3 Å². The Bertz CT molecular complexity index is 306. The van der Waals surface area contributed by atoms with E-state index in [1.807, 2.05) is 0 Å². The third-order valence-corrected chi connectivity index (χ3v) is 4.67. The summed E-state index contributed by atoms with van der Waals surface area (Å²) in [7, 11) is 0. The van der Waals surface area contributed by atoms with E-state index in [-0.39, 0.29) is 22.9 Å². The van der Waals surface area contributed by atoms with Crippen LogP contribution in [-0.2, 0) is 9.53 Å². The first-order chi connectivity index (χ1) is 9.19. The molecule has 0 aromatic heterocycles. The summed E-state index contributed by atoms with van der Waals surface area (Å²) in [5, 5.41) is 0. The molecule has 0 amide bonds. The molecule has 118 valence electrons. The van der Waals surface area contributed by atoms with Gasteiger partial charge in [0.15, 0.2) is 0 Å². The zero-order valence-corrected chi connectivity index (χ0v) is 14.4. The van der Waals surface area contributed by atoms with Crippen LogP contribution in [0.15, 0.2) is 0 Å². The predicted octanol–water partition coefficient (Wildman–Crippen LogP) is 5.35. The molecule has 1 aliphatic rings. The highest BCUT2D eigenvalue weighted by molar-refractivity contribution is 5.73. The fraction of sp³-hybridized carbons (Fsp3) is 0.944. The minimum Gasteiger partial charge on any atom is -0.459 e. The Morgan fingerprint density at radius 3 is 2.10 bits per heavy atom. The summed E-state index contributed by atoms with van der Waals surface area (Å²) in [6.07, 6.45) is 7.65. The van der Waals surface area contributed by atoms with Crippen LogP contribution in [0.4, 0.5) is 0 Å². The minimum atomic E-state index is -0.166. The molecule has 2 heteroatoms. The highest BCUT2D eigenvalue weighted by Gasteiger charge is 2.37. The Balaban J connectivity index is 2.74. The van der Waals surface area contributed by atoms with E-state index >= 15 is 0 Å². The van der Waals surface area contributed by atoms with Crippen LogP contribution in [0.1, 0.15) is 86.5 Å². The Kier molecular flexibility index (Phi) is 6.09. The van der Waals surface area contributed by atoms with E-state index in [0.717, 1.165) is 25.7 Å². The van der Waals surface area contributed by atoms with Crippen LogP contribution in [0.25, 0.3) is 0 Å². The second-order valence-electron chi connectivity index (χ2n) is 8.13. The van der Waals surface area contributed by atoms with Crippen molar-refractivity contribution in [3.8, 4) is 0 Å². The topological polar surface area (TPSA) is 26.3 Å². The highest BCUT2D eigenvalue weighted by atomic mass is 16.6. The first kappa shape index (κ1) is 17.5. The molecule has 0 spiro atoms. The van der Waals surface area contributed by atoms with Crippen LogP contribution in [-0.4, -0.2) is 11.6 Å². The van der Waals surface area contributed by atoms with Crippen molar-refractivity contribution in [2.45, 2.75) is 92.1 Å². The Morgan fingerprint density at radius 2 is 1.70 bits per heavy atom. The van der Waals surface area contributed by atoms with Gasteiger partial charge in [0.05, 0.1) is 5.92 Å². The number of carbonyl (C=O) groups excluding carboxylic acids is 1. The Hall–Kier alpha value is -0.530. The van der Waals surface area contributed by atoms with E-state index in [4.69, 9.17) is 4.74 Å². The highest BCUT2D eigenvalue weighted by Crippen LogP contribution is 2.37. The zero-order valence-electron chi connectivity index (χ0n) is 14.4. The van der Waals surface area contributed by atoms with Crippen molar-refractivity contribution < 1.29 is 9.53 Å². The van der Waals surface area contributed by atoms with Crippen LogP contribution < -0.4 is 0 Å². The van der Waals surface area contributed by atoms with Crippen molar-refractivity contribution in [2.24, 2.45) is 17.3 Å². The molecule has 20 heavy (non-hydrogen) atoms. The normalized spacial score (nSPS) is 20.8. The lowest BCUT2D eigenvalue weighted by molar-refractivity contribution is -0.172. The van der Waals surface area contributed by atoms with Crippen molar-refractivity contribution in [1.82, 2.24) is 0 Å². The Morgan fingerprint density at radius 1 is 1.15 bits per heavy atom. The van der Waals surface area contributed by atoms with Crippen molar-refractivity contribution >= 4 is 5.97 Å². The number of esters is 1. The van der Waals surface area contributed by atoms with Gasteiger partial charge >= 0.3 is 5.97 Å². The van der Waals surface area contributed by atoms with Crippen LogP contribution in [0.2, 0.25) is 0 Å². The van der Waals surface area contributed by atoms with E-state index in [0.29, 0.717) is 5.92 Å². The largest absolute Gasteiger partial charge is 0.459 e. The van der Waals surface area contributed by atoms with Crippen molar-refractivity contribution in [2.75, 3.05) is 0 Å². The number of carbonyl (C=O) groups is 1. The molecule has 1 rings (SSSR count). The van der Waals surface area contributed by atoms with E-state index in [2.05, 4.69) is 41.5 Å². The summed E-state index contributed by atoms with van der Waals surface area (Å²) in [5.74, 6) is 0.415. The molecule has 0 aliphatic heterocycles. The molecular formula is C18H34O2. The fourth-order valence-electron chi connectivity index (χ4n) is 3.26. The lowest BCUT2D eigenvalue weighted by atomic mass is 9.79. The first-order valence-corrected chi connectivity index (χ1v) is 8.42. The molecule has 2 nitrogen and oxygen atoms in total. The van der Waals surface area contributed by atoms with Gasteiger partial charge in [-0.05, 0) is 49.9 Å². The maximum absolute atomic E-state index is 12.7. The quantitative estimate of drug-likeness (QED) is 0.635. The Labute approximate surface area is 125 Å². The first-order valence-electron chi connectivity index (χ1n) is 8.42. The van der Waals surface area contributed by atoms with Crippen LogP contribution in [0.3, 0.4) is 0 Å². The third kappa shape index (κ3) is 5.10. The van der Waals surface area contributed by atoms with E-state index in [9.17, 15) is 4.79 Å². The SMILES string of the molecule is CCC1(OC(=O)C(CC(C)(C)C)C(C)C)CCCCC1. The summed E-state index contributed by atoms with van der Waals surface area (Å²) in [4.78, 5) is 12.7.